The van der Waals surface area contributed by atoms with Crippen molar-refractivity contribution >= 4 is 18.2 Å². The lowest BCUT2D eigenvalue weighted by Gasteiger charge is -2.60. The van der Waals surface area contributed by atoms with E-state index in [1.807, 2.05) is 6.92 Å². The number of hydrogen-bond donors (Lipinski definition) is 1. The molecule has 0 aromatic heterocycles. The molecular weight excluding hydrogens is 542 g/mol. The fourth-order valence-electron chi connectivity index (χ4n) is 11.8. The predicted molar refractivity (Wildman–Crippen MR) is 164 cm³/mol. The van der Waals surface area contributed by atoms with Crippen LogP contribution in [0.4, 0.5) is 0 Å². The number of aliphatic carboxylic acids is 1. The second-order valence-corrected chi connectivity index (χ2v) is 15.4. The number of carbonyl (C=O) groups is 3. The predicted octanol–water partition coefficient (Wildman–Crippen LogP) is 6.29. The summed E-state index contributed by atoms with van der Waals surface area (Å²) in [5, 5.41) is 11.5. The Kier molecular flexibility index (Phi) is 8.64. The maximum Gasteiger partial charge on any atom is 0.315 e. The van der Waals surface area contributed by atoms with E-state index < -0.39 is 22.2 Å². The summed E-state index contributed by atoms with van der Waals surface area (Å²) in [6.45, 7) is 11.9. The van der Waals surface area contributed by atoms with E-state index in [0.717, 1.165) is 76.4 Å². The number of likely N-dealkylation sites (tertiary alicyclic amines) is 1. The monoisotopic (exact) mass is 597 g/mol. The van der Waals surface area contributed by atoms with Gasteiger partial charge in [0.2, 0.25) is 0 Å². The van der Waals surface area contributed by atoms with Crippen molar-refractivity contribution in [1.29, 1.82) is 0 Å². The molecule has 10 atom stereocenters. The minimum Gasteiger partial charge on any atom is -0.481 e. The lowest BCUT2D eigenvalue weighted by atomic mass is 9.41. The van der Waals surface area contributed by atoms with Gasteiger partial charge in [-0.2, -0.15) is 0 Å². The highest BCUT2D eigenvalue weighted by atomic mass is 16.5. The van der Waals surface area contributed by atoms with Crippen LogP contribution in [0.1, 0.15) is 105 Å². The molecule has 4 bridgehead atoms. The molecule has 0 radical (unpaired) electrons. The smallest absolute Gasteiger partial charge is 0.315 e. The molecule has 0 amide bonds. The first-order chi connectivity index (χ1) is 20.7. The number of nitrogens with zero attached hydrogens (tertiary/aromatic N) is 1. The fourth-order valence-corrected chi connectivity index (χ4v) is 11.8. The van der Waals surface area contributed by atoms with Crippen molar-refractivity contribution in [3.63, 3.8) is 0 Å². The second-order valence-electron chi connectivity index (χ2n) is 15.4. The SMILES string of the molecule is CCOC(=O)CCCCC1CC(C23C[C@@H]4[C@H](C)CC[C@H]4C4(C=O)CC2C=C(C(C)C)C34C(=O)O)OC1CN1CCCCC1. The average molecular weight is 598 g/mol. The number of rotatable bonds is 12. The van der Waals surface area contributed by atoms with Crippen LogP contribution >= 0.6 is 0 Å². The van der Waals surface area contributed by atoms with Gasteiger partial charge in [0.05, 0.1) is 24.2 Å². The Balaban J connectivity index is 1.35. The zero-order valence-electron chi connectivity index (χ0n) is 27.0. The minimum atomic E-state index is -1.19. The van der Waals surface area contributed by atoms with Gasteiger partial charge < -0.3 is 24.3 Å². The summed E-state index contributed by atoms with van der Waals surface area (Å²) in [6, 6.07) is 0. The summed E-state index contributed by atoms with van der Waals surface area (Å²) in [5.74, 6) is 0.549. The third-order valence-corrected chi connectivity index (χ3v) is 13.4. The molecule has 7 nitrogen and oxygen atoms in total. The number of piperidine rings is 1. The van der Waals surface area contributed by atoms with Crippen LogP contribution in [0, 0.1) is 51.8 Å². The molecule has 7 unspecified atom stereocenters. The summed E-state index contributed by atoms with van der Waals surface area (Å²) in [7, 11) is 0. The molecule has 0 spiro atoms. The van der Waals surface area contributed by atoms with Crippen molar-refractivity contribution in [3.05, 3.63) is 11.6 Å². The molecule has 6 rings (SSSR count). The van der Waals surface area contributed by atoms with E-state index >= 15 is 0 Å². The molecule has 240 valence electrons. The number of fused-ring (bicyclic) bond motifs is 2. The van der Waals surface area contributed by atoms with Gasteiger partial charge in [0.15, 0.2) is 0 Å². The molecule has 6 aliphatic rings. The zero-order valence-corrected chi connectivity index (χ0v) is 27.0. The third kappa shape index (κ3) is 4.52. The van der Waals surface area contributed by atoms with Crippen LogP contribution in [0.3, 0.4) is 0 Å². The Labute approximate surface area is 258 Å². The molecule has 3 saturated carbocycles. The first kappa shape index (κ1) is 31.3. The van der Waals surface area contributed by atoms with Crippen LogP contribution in [0.15, 0.2) is 11.6 Å². The van der Waals surface area contributed by atoms with Crippen molar-refractivity contribution < 1.29 is 29.0 Å². The average Bonchev–Trinajstić information content (AvgIpc) is 3.69. The Morgan fingerprint density at radius 2 is 1.93 bits per heavy atom. The van der Waals surface area contributed by atoms with Gasteiger partial charge in [0.25, 0.3) is 0 Å². The Hall–Kier alpha value is -1.73. The Bertz CT molecular complexity index is 1110. The molecule has 2 aliphatic heterocycles. The number of carboxylic acid groups (broad SMARTS) is 1. The topological polar surface area (TPSA) is 93.1 Å². The van der Waals surface area contributed by atoms with Gasteiger partial charge >= 0.3 is 11.9 Å². The standard InChI is InChI=1S/C36H55NO6/c1-5-42-32(39)12-8-7-11-25-17-31(43-30(25)21-37-15-9-6-10-16-37)35-20-27-24(4)13-14-28(27)34(22-38)19-26(35)18-29(23(2)3)36(34,35)33(40)41/h18,22-28,30-31H,5-17,19-21H2,1-4H3,(H,40,41)/t24-,25?,26?,27-,28-,30?,31?,34?,35?,36?/m1/s1. The molecule has 4 aliphatic carbocycles. The number of aldehydes is 1. The number of ether oxygens (including phenoxy) is 2. The normalized spacial score (nSPS) is 43.6. The number of unbranched alkanes of at least 4 members (excludes halogenated alkanes) is 1. The number of carboxylic acids is 1. The second kappa shape index (κ2) is 11.9. The summed E-state index contributed by atoms with van der Waals surface area (Å²) < 4.78 is 12.4. The summed E-state index contributed by atoms with van der Waals surface area (Å²) >= 11 is 0. The van der Waals surface area contributed by atoms with E-state index in [9.17, 15) is 19.5 Å². The lowest BCUT2D eigenvalue weighted by molar-refractivity contribution is -0.197. The van der Waals surface area contributed by atoms with E-state index in [-0.39, 0.29) is 35.9 Å². The molecule has 2 heterocycles. The van der Waals surface area contributed by atoms with E-state index in [1.54, 1.807) is 0 Å². The summed E-state index contributed by atoms with van der Waals surface area (Å²) in [4.78, 5) is 42.1. The van der Waals surface area contributed by atoms with Gasteiger partial charge in [0.1, 0.15) is 11.7 Å². The summed E-state index contributed by atoms with van der Waals surface area (Å²) in [5.41, 5.74) is -1.63. The highest BCUT2D eigenvalue weighted by Crippen LogP contribution is 2.84. The lowest BCUT2D eigenvalue weighted by Crippen LogP contribution is -2.65. The van der Waals surface area contributed by atoms with Crippen molar-refractivity contribution in [2.24, 2.45) is 51.8 Å². The van der Waals surface area contributed by atoms with Crippen molar-refractivity contribution in [3.8, 4) is 0 Å². The minimum absolute atomic E-state index is 0.0535. The number of esters is 1. The van der Waals surface area contributed by atoms with Crippen LogP contribution in [-0.2, 0) is 23.9 Å². The molecule has 0 aromatic rings. The number of hydrogen-bond acceptors (Lipinski definition) is 6. The molecule has 1 N–H and O–H groups in total. The van der Waals surface area contributed by atoms with Gasteiger partial charge in [0, 0.05) is 18.4 Å². The zero-order chi connectivity index (χ0) is 30.6. The van der Waals surface area contributed by atoms with Gasteiger partial charge in [-0.25, -0.2) is 0 Å². The molecule has 43 heavy (non-hydrogen) atoms. The highest BCUT2D eigenvalue weighted by Gasteiger charge is 2.86. The van der Waals surface area contributed by atoms with Gasteiger partial charge in [-0.3, -0.25) is 9.59 Å². The van der Waals surface area contributed by atoms with E-state index in [2.05, 4.69) is 31.7 Å². The van der Waals surface area contributed by atoms with Crippen molar-refractivity contribution in [1.82, 2.24) is 4.90 Å². The van der Waals surface area contributed by atoms with E-state index in [0.29, 0.717) is 37.2 Å². The molecule has 7 heteroatoms. The maximum absolute atomic E-state index is 14.0. The summed E-state index contributed by atoms with van der Waals surface area (Å²) in [6.07, 6.45) is 14.6. The van der Waals surface area contributed by atoms with Crippen LogP contribution in [-0.4, -0.2) is 66.7 Å². The Morgan fingerprint density at radius 1 is 1.16 bits per heavy atom. The molecule has 2 saturated heterocycles. The van der Waals surface area contributed by atoms with E-state index in [1.165, 1.54) is 19.3 Å². The Morgan fingerprint density at radius 3 is 2.60 bits per heavy atom. The van der Waals surface area contributed by atoms with Gasteiger partial charge in [-0.15, -0.1) is 0 Å². The van der Waals surface area contributed by atoms with Crippen molar-refractivity contribution in [2.45, 2.75) is 117 Å². The number of allylic oxidation sites excluding steroid dienone is 1. The maximum atomic E-state index is 14.0. The molecule has 0 aromatic carbocycles. The van der Waals surface area contributed by atoms with Crippen LogP contribution in [0.5, 0.6) is 0 Å². The number of carbonyl (C=O) groups excluding carboxylic acids is 2. The van der Waals surface area contributed by atoms with E-state index in [4.69, 9.17) is 9.47 Å². The quantitative estimate of drug-likeness (QED) is 0.122. The fraction of sp³-hybridized carbons (Fsp3) is 0.861. The van der Waals surface area contributed by atoms with Crippen molar-refractivity contribution in [2.75, 3.05) is 26.2 Å². The largest absolute Gasteiger partial charge is 0.481 e. The van der Waals surface area contributed by atoms with Crippen LogP contribution < -0.4 is 0 Å². The van der Waals surface area contributed by atoms with Crippen LogP contribution in [0.25, 0.3) is 0 Å². The molecular formula is C36H55NO6. The first-order valence-electron chi connectivity index (χ1n) is 17.6. The first-order valence-corrected chi connectivity index (χ1v) is 17.6. The third-order valence-electron chi connectivity index (χ3n) is 13.4. The molecule has 5 fully saturated rings. The van der Waals surface area contributed by atoms with Gasteiger partial charge in [-0.05, 0) is 107 Å². The highest BCUT2D eigenvalue weighted by molar-refractivity contribution is 5.90. The van der Waals surface area contributed by atoms with Crippen LogP contribution in [0.2, 0.25) is 0 Å². The van der Waals surface area contributed by atoms with Gasteiger partial charge in [-0.1, -0.05) is 51.7 Å².